The Labute approximate surface area is 149 Å². The molecule has 2 aromatic rings. The number of benzene rings is 2. The Balaban J connectivity index is 2.12. The van der Waals surface area contributed by atoms with Gasteiger partial charge >= 0.3 is 0 Å². The lowest BCUT2D eigenvalue weighted by Crippen LogP contribution is -2.45. The molecule has 2 aromatic carbocycles. The van der Waals surface area contributed by atoms with Gasteiger partial charge in [-0.15, -0.1) is 0 Å². The molecule has 0 aromatic heterocycles. The van der Waals surface area contributed by atoms with Crippen LogP contribution in [0.4, 0.5) is 0 Å². The van der Waals surface area contributed by atoms with Crippen LogP contribution < -0.4 is 0 Å². The Morgan fingerprint density at radius 3 is 2.24 bits per heavy atom. The zero-order chi connectivity index (χ0) is 17.7. The van der Waals surface area contributed by atoms with Gasteiger partial charge in [0, 0.05) is 12.0 Å². The Morgan fingerprint density at radius 2 is 1.64 bits per heavy atom. The summed E-state index contributed by atoms with van der Waals surface area (Å²) in [4.78, 5) is 25.6. The second-order valence-corrected chi connectivity index (χ2v) is 6.64. The van der Waals surface area contributed by atoms with Crippen LogP contribution in [0, 0.1) is 17.3 Å². The van der Waals surface area contributed by atoms with Gasteiger partial charge in [-0.1, -0.05) is 66.8 Å². The molecule has 1 aliphatic carbocycles. The number of hydrogen-bond acceptors (Lipinski definition) is 2. The van der Waals surface area contributed by atoms with E-state index in [1.165, 1.54) is 0 Å². The van der Waals surface area contributed by atoms with Gasteiger partial charge in [0.2, 0.25) is 0 Å². The third-order valence-electron chi connectivity index (χ3n) is 5.11. The van der Waals surface area contributed by atoms with Gasteiger partial charge in [-0.05, 0) is 37.5 Å². The summed E-state index contributed by atoms with van der Waals surface area (Å²) in [6.07, 6.45) is 2.81. The largest absolute Gasteiger partial charge is 0.299 e. The molecule has 0 bridgehead atoms. The van der Waals surface area contributed by atoms with Crippen molar-refractivity contribution in [3.8, 4) is 11.8 Å². The van der Waals surface area contributed by atoms with Crippen molar-refractivity contribution in [3.05, 3.63) is 71.8 Å². The molecule has 0 spiro atoms. The van der Waals surface area contributed by atoms with E-state index in [4.69, 9.17) is 0 Å². The minimum absolute atomic E-state index is 0.0439. The van der Waals surface area contributed by atoms with Gasteiger partial charge in [-0.2, -0.15) is 0 Å². The van der Waals surface area contributed by atoms with Crippen LogP contribution in [0.2, 0.25) is 0 Å². The highest BCUT2D eigenvalue weighted by Crippen LogP contribution is 2.45. The van der Waals surface area contributed by atoms with Gasteiger partial charge in [-0.3, -0.25) is 9.59 Å². The van der Waals surface area contributed by atoms with Gasteiger partial charge in [-0.25, -0.2) is 0 Å². The first kappa shape index (κ1) is 17.2. The average Bonchev–Trinajstić information content (AvgIpc) is 2.65. The first-order valence-electron chi connectivity index (χ1n) is 8.80. The molecule has 0 heterocycles. The third kappa shape index (κ3) is 3.42. The maximum absolute atomic E-state index is 12.9. The average molecular weight is 330 g/mol. The van der Waals surface area contributed by atoms with Crippen LogP contribution in [0.3, 0.4) is 0 Å². The second kappa shape index (κ2) is 7.49. The van der Waals surface area contributed by atoms with Gasteiger partial charge in [0.05, 0.1) is 5.92 Å². The number of ketones is 2. The van der Waals surface area contributed by atoms with E-state index < -0.39 is 11.3 Å². The van der Waals surface area contributed by atoms with Crippen LogP contribution in [0.5, 0.6) is 0 Å². The predicted octanol–water partition coefficient (Wildman–Crippen LogP) is 4.54. The van der Waals surface area contributed by atoms with Crippen molar-refractivity contribution in [2.24, 2.45) is 5.41 Å². The van der Waals surface area contributed by atoms with Crippen molar-refractivity contribution in [2.45, 2.75) is 38.5 Å². The van der Waals surface area contributed by atoms with E-state index in [9.17, 15) is 9.59 Å². The fourth-order valence-corrected chi connectivity index (χ4v) is 3.75. The summed E-state index contributed by atoms with van der Waals surface area (Å²) in [6, 6.07) is 19.5. The van der Waals surface area contributed by atoms with Crippen molar-refractivity contribution in [2.75, 3.05) is 0 Å². The van der Waals surface area contributed by atoms with Crippen molar-refractivity contribution >= 4 is 11.6 Å². The lowest BCUT2D eigenvalue weighted by molar-refractivity contribution is -0.142. The molecule has 0 saturated heterocycles. The summed E-state index contributed by atoms with van der Waals surface area (Å²) < 4.78 is 0. The third-order valence-corrected chi connectivity index (χ3v) is 5.11. The fourth-order valence-electron chi connectivity index (χ4n) is 3.75. The van der Waals surface area contributed by atoms with Crippen LogP contribution in [0.25, 0.3) is 0 Å². The van der Waals surface area contributed by atoms with Crippen LogP contribution in [-0.4, -0.2) is 11.6 Å². The van der Waals surface area contributed by atoms with E-state index >= 15 is 0 Å². The molecule has 1 fully saturated rings. The van der Waals surface area contributed by atoms with Gasteiger partial charge in [0.15, 0.2) is 0 Å². The highest BCUT2D eigenvalue weighted by Gasteiger charge is 2.50. The summed E-state index contributed by atoms with van der Waals surface area (Å²) in [6.45, 7) is 1.54. The summed E-state index contributed by atoms with van der Waals surface area (Å²) in [5.41, 5.74) is 0.822. The van der Waals surface area contributed by atoms with Crippen molar-refractivity contribution < 1.29 is 9.59 Å². The molecule has 2 atom stereocenters. The Hall–Kier alpha value is -2.66. The molecule has 0 amide bonds. The zero-order valence-corrected chi connectivity index (χ0v) is 14.5. The number of carbonyl (C=O) groups is 2. The molecule has 2 unspecified atom stereocenters. The van der Waals surface area contributed by atoms with E-state index in [-0.39, 0.29) is 11.6 Å². The Kier molecular flexibility index (Phi) is 5.14. The Morgan fingerprint density at radius 1 is 1.00 bits per heavy atom. The number of carbonyl (C=O) groups excluding carboxylic acids is 2. The highest BCUT2D eigenvalue weighted by atomic mass is 16.2. The second-order valence-electron chi connectivity index (χ2n) is 6.64. The van der Waals surface area contributed by atoms with Crippen LogP contribution >= 0.6 is 0 Å². The summed E-state index contributed by atoms with van der Waals surface area (Å²) in [7, 11) is 0. The van der Waals surface area contributed by atoms with Crippen molar-refractivity contribution in [1.29, 1.82) is 0 Å². The van der Waals surface area contributed by atoms with Crippen LogP contribution in [0.15, 0.2) is 60.7 Å². The van der Waals surface area contributed by atoms with Crippen LogP contribution in [0.1, 0.15) is 49.7 Å². The summed E-state index contributed by atoms with van der Waals surface area (Å²) in [5, 5.41) is 0. The fraction of sp³-hybridized carbons (Fsp3) is 0.304. The molecule has 126 valence electrons. The first-order valence-corrected chi connectivity index (χ1v) is 8.80. The molecule has 2 nitrogen and oxygen atoms in total. The number of Topliss-reactive ketones (excluding diaryl/α,β-unsaturated/α-hetero) is 2. The molecule has 1 saturated carbocycles. The molecule has 0 aliphatic heterocycles. The maximum Gasteiger partial charge on any atom is 0.148 e. The topological polar surface area (TPSA) is 34.1 Å². The lowest BCUT2D eigenvalue weighted by Gasteiger charge is -2.38. The van der Waals surface area contributed by atoms with E-state index in [0.29, 0.717) is 12.8 Å². The minimum Gasteiger partial charge on any atom is -0.299 e. The van der Waals surface area contributed by atoms with E-state index in [2.05, 4.69) is 11.8 Å². The molecule has 1 aliphatic rings. The van der Waals surface area contributed by atoms with Gasteiger partial charge in [0.1, 0.15) is 17.0 Å². The number of hydrogen-bond donors (Lipinski definition) is 0. The smallest absolute Gasteiger partial charge is 0.148 e. The molecule has 0 radical (unpaired) electrons. The summed E-state index contributed by atoms with van der Waals surface area (Å²) >= 11 is 0. The molecular weight excluding hydrogens is 308 g/mol. The first-order chi connectivity index (χ1) is 12.1. The highest BCUT2D eigenvalue weighted by molar-refractivity contribution is 6.08. The zero-order valence-electron chi connectivity index (χ0n) is 14.5. The molecule has 3 rings (SSSR count). The standard InChI is InChI=1S/C23H22O2/c1-18(24)23(17-9-8-14-22(23)25)21(20-12-6-3-7-13-20)16-15-19-10-4-2-5-11-19/h2-7,10-13,21H,8-9,14,17H2,1H3. The molecule has 0 N–H and O–H groups in total. The van der Waals surface area contributed by atoms with Crippen molar-refractivity contribution in [3.63, 3.8) is 0 Å². The van der Waals surface area contributed by atoms with Crippen LogP contribution in [-0.2, 0) is 9.59 Å². The van der Waals surface area contributed by atoms with E-state index in [1.54, 1.807) is 6.92 Å². The molecule has 2 heteroatoms. The summed E-state index contributed by atoms with van der Waals surface area (Å²) in [5.74, 6) is 6.05. The maximum atomic E-state index is 12.9. The molecule has 25 heavy (non-hydrogen) atoms. The van der Waals surface area contributed by atoms with Crippen molar-refractivity contribution in [1.82, 2.24) is 0 Å². The van der Waals surface area contributed by atoms with E-state index in [0.717, 1.165) is 24.0 Å². The number of rotatable bonds is 3. The quantitative estimate of drug-likeness (QED) is 0.611. The van der Waals surface area contributed by atoms with Gasteiger partial charge < -0.3 is 0 Å². The predicted molar refractivity (Wildman–Crippen MR) is 99.1 cm³/mol. The Bertz CT molecular complexity index is 811. The monoisotopic (exact) mass is 330 g/mol. The minimum atomic E-state index is -1.01. The SMILES string of the molecule is CC(=O)C1(C(C#Cc2ccccc2)c2ccccc2)CCCCC1=O. The molecular formula is C23H22O2. The lowest BCUT2D eigenvalue weighted by atomic mass is 9.61. The normalized spacial score (nSPS) is 21.1. The van der Waals surface area contributed by atoms with E-state index in [1.807, 2.05) is 60.7 Å². The van der Waals surface area contributed by atoms with Gasteiger partial charge in [0.25, 0.3) is 0 Å².